The van der Waals surface area contributed by atoms with Gasteiger partial charge in [-0.2, -0.15) is 4.39 Å². The highest BCUT2D eigenvalue weighted by Gasteiger charge is 2.14. The second kappa shape index (κ2) is 6.12. The Bertz CT molecular complexity index is 396. The smallest absolute Gasteiger partial charge is 0.304 e. The number of ether oxygens (including phenoxy) is 2. The van der Waals surface area contributed by atoms with Crippen LogP contribution in [0.2, 0.25) is 0 Å². The molecule has 6 nitrogen and oxygen atoms in total. The van der Waals surface area contributed by atoms with Crippen LogP contribution in [0.1, 0.15) is 0 Å². The molecule has 0 saturated heterocycles. The zero-order valence-corrected chi connectivity index (χ0v) is 9.47. The summed E-state index contributed by atoms with van der Waals surface area (Å²) < 4.78 is 23.1. The molecule has 0 radical (unpaired) electrons. The lowest BCUT2D eigenvalue weighted by atomic mass is 10.2. The van der Waals surface area contributed by atoms with E-state index in [1.807, 2.05) is 0 Å². The Morgan fingerprint density at radius 3 is 2.59 bits per heavy atom. The molecule has 0 aliphatic rings. The summed E-state index contributed by atoms with van der Waals surface area (Å²) in [6.45, 7) is 0.310. The molecule has 0 aliphatic heterocycles. The van der Waals surface area contributed by atoms with Gasteiger partial charge in [-0.05, 0) is 6.07 Å². The molecule has 1 N–H and O–H groups in total. The third-order valence-electron chi connectivity index (χ3n) is 2.14. The third-order valence-corrected chi connectivity index (χ3v) is 2.14. The number of nitrogens with one attached hydrogen (secondary N) is 1. The first-order valence-corrected chi connectivity index (χ1v) is 4.82. The largest absolute Gasteiger partial charge is 0.380 e. The second-order valence-corrected chi connectivity index (χ2v) is 3.21. The molecular weight excluding hydrogens is 231 g/mol. The molecule has 0 fully saturated rings. The molecule has 0 spiro atoms. The number of nitrogens with zero attached hydrogens (tertiary/aromatic N) is 1. The molecular formula is C10H13FN2O4. The van der Waals surface area contributed by atoms with E-state index in [0.717, 1.165) is 12.1 Å². The van der Waals surface area contributed by atoms with E-state index in [-0.39, 0.29) is 0 Å². The fraction of sp³-hybridized carbons (Fsp3) is 0.400. The van der Waals surface area contributed by atoms with Crippen LogP contribution in [-0.4, -0.2) is 32.0 Å². The Hall–Kier alpha value is -1.73. The van der Waals surface area contributed by atoms with Crippen molar-refractivity contribution < 1.29 is 18.8 Å². The Morgan fingerprint density at radius 2 is 2.12 bits per heavy atom. The number of rotatable bonds is 6. The molecule has 0 aliphatic carbocycles. The van der Waals surface area contributed by atoms with Crippen LogP contribution in [0.5, 0.6) is 0 Å². The lowest BCUT2D eigenvalue weighted by Crippen LogP contribution is -2.23. The highest BCUT2D eigenvalue weighted by molar-refractivity contribution is 5.49. The van der Waals surface area contributed by atoms with Crippen molar-refractivity contribution in [3.63, 3.8) is 0 Å². The highest BCUT2D eigenvalue weighted by Crippen LogP contribution is 2.20. The van der Waals surface area contributed by atoms with Gasteiger partial charge in [-0.15, -0.1) is 0 Å². The summed E-state index contributed by atoms with van der Waals surface area (Å²) in [5, 5.41) is 13.2. The number of hydrogen-bond donors (Lipinski definition) is 1. The number of halogens is 1. The average molecular weight is 244 g/mol. The number of nitro groups is 1. The highest BCUT2D eigenvalue weighted by atomic mass is 19.1. The average Bonchev–Trinajstić information content (AvgIpc) is 2.30. The van der Waals surface area contributed by atoms with Crippen molar-refractivity contribution in [1.29, 1.82) is 0 Å². The van der Waals surface area contributed by atoms with Crippen molar-refractivity contribution in [2.24, 2.45) is 0 Å². The summed E-state index contributed by atoms with van der Waals surface area (Å²) in [5.74, 6) is -0.883. The number of nitro benzene ring substituents is 1. The topological polar surface area (TPSA) is 73.6 Å². The van der Waals surface area contributed by atoms with Gasteiger partial charge in [0, 0.05) is 32.0 Å². The maximum absolute atomic E-state index is 13.2. The SMILES string of the molecule is COC(CNc1ccc([N+](=O)[O-])c(F)c1)OC. The first kappa shape index (κ1) is 13.3. The predicted molar refractivity (Wildman–Crippen MR) is 59.4 cm³/mol. The van der Waals surface area contributed by atoms with Gasteiger partial charge in [-0.25, -0.2) is 0 Å². The number of benzene rings is 1. The van der Waals surface area contributed by atoms with Gasteiger partial charge in [0.25, 0.3) is 0 Å². The van der Waals surface area contributed by atoms with Crippen LogP contribution in [0.15, 0.2) is 18.2 Å². The van der Waals surface area contributed by atoms with Gasteiger partial charge in [0.1, 0.15) is 0 Å². The van der Waals surface area contributed by atoms with Crippen molar-refractivity contribution in [1.82, 2.24) is 0 Å². The second-order valence-electron chi connectivity index (χ2n) is 3.21. The first-order valence-electron chi connectivity index (χ1n) is 4.82. The lowest BCUT2D eigenvalue weighted by Gasteiger charge is -2.14. The summed E-state index contributed by atoms with van der Waals surface area (Å²) in [6, 6.07) is 3.58. The van der Waals surface area contributed by atoms with Crippen LogP contribution in [0.25, 0.3) is 0 Å². The maximum atomic E-state index is 13.2. The Kier molecular flexibility index (Phi) is 4.80. The molecule has 0 bridgehead atoms. The molecule has 1 aromatic rings. The minimum Gasteiger partial charge on any atom is -0.380 e. The molecule has 0 saturated carbocycles. The van der Waals surface area contributed by atoms with Crippen LogP contribution in [0.4, 0.5) is 15.8 Å². The van der Waals surface area contributed by atoms with E-state index in [4.69, 9.17) is 9.47 Å². The van der Waals surface area contributed by atoms with Crippen LogP contribution in [-0.2, 0) is 9.47 Å². The zero-order chi connectivity index (χ0) is 12.8. The lowest BCUT2D eigenvalue weighted by molar-refractivity contribution is -0.387. The van der Waals surface area contributed by atoms with Gasteiger partial charge < -0.3 is 14.8 Å². The van der Waals surface area contributed by atoms with E-state index >= 15 is 0 Å². The van der Waals surface area contributed by atoms with Crippen LogP contribution in [0, 0.1) is 15.9 Å². The van der Waals surface area contributed by atoms with E-state index in [2.05, 4.69) is 5.32 Å². The molecule has 0 aromatic heterocycles. The Labute approximate surface area is 97.5 Å². The zero-order valence-electron chi connectivity index (χ0n) is 9.47. The number of hydrogen-bond acceptors (Lipinski definition) is 5. The fourth-order valence-electron chi connectivity index (χ4n) is 1.23. The van der Waals surface area contributed by atoms with Gasteiger partial charge in [0.15, 0.2) is 6.29 Å². The normalized spacial score (nSPS) is 10.6. The van der Waals surface area contributed by atoms with E-state index in [1.165, 1.54) is 20.3 Å². The van der Waals surface area contributed by atoms with Crippen LogP contribution < -0.4 is 5.32 Å². The molecule has 7 heteroatoms. The summed E-state index contributed by atoms with van der Waals surface area (Å²) in [7, 11) is 2.96. The van der Waals surface area contributed by atoms with E-state index in [1.54, 1.807) is 0 Å². The fourth-order valence-corrected chi connectivity index (χ4v) is 1.23. The van der Waals surface area contributed by atoms with E-state index in [0.29, 0.717) is 12.2 Å². The molecule has 94 valence electrons. The van der Waals surface area contributed by atoms with Crippen molar-refractivity contribution in [2.75, 3.05) is 26.1 Å². The van der Waals surface area contributed by atoms with Crippen molar-refractivity contribution in [2.45, 2.75) is 6.29 Å². The molecule has 0 heterocycles. The maximum Gasteiger partial charge on any atom is 0.304 e. The van der Waals surface area contributed by atoms with Crippen molar-refractivity contribution in [3.8, 4) is 0 Å². The van der Waals surface area contributed by atoms with Crippen LogP contribution in [0.3, 0.4) is 0 Å². The van der Waals surface area contributed by atoms with Crippen molar-refractivity contribution >= 4 is 11.4 Å². The predicted octanol–water partition coefficient (Wildman–Crippen LogP) is 1.76. The van der Waals surface area contributed by atoms with E-state index in [9.17, 15) is 14.5 Å². The monoisotopic (exact) mass is 244 g/mol. The van der Waals surface area contributed by atoms with Gasteiger partial charge in [-0.1, -0.05) is 0 Å². The Morgan fingerprint density at radius 1 is 1.47 bits per heavy atom. The van der Waals surface area contributed by atoms with Crippen LogP contribution >= 0.6 is 0 Å². The summed E-state index contributed by atoms with van der Waals surface area (Å²) in [5.41, 5.74) is -0.127. The molecule has 0 amide bonds. The first-order chi connectivity index (χ1) is 8.08. The quantitative estimate of drug-likeness (QED) is 0.469. The molecule has 0 unspecified atom stereocenters. The summed E-state index contributed by atoms with van der Waals surface area (Å²) in [4.78, 5) is 9.63. The minimum atomic E-state index is -0.883. The molecule has 0 atom stereocenters. The summed E-state index contributed by atoms with van der Waals surface area (Å²) in [6.07, 6.45) is -0.465. The number of methoxy groups -OCH3 is 2. The van der Waals surface area contributed by atoms with Gasteiger partial charge in [0.2, 0.25) is 5.82 Å². The Balaban J connectivity index is 2.67. The summed E-state index contributed by atoms with van der Waals surface area (Å²) >= 11 is 0. The standard InChI is InChI=1S/C10H13FN2O4/c1-16-10(17-2)6-12-7-3-4-9(13(14)15)8(11)5-7/h3-5,10,12H,6H2,1-2H3. The van der Waals surface area contributed by atoms with Gasteiger partial charge in [0.05, 0.1) is 11.5 Å². The van der Waals surface area contributed by atoms with E-state index < -0.39 is 22.7 Å². The van der Waals surface area contributed by atoms with Gasteiger partial charge in [-0.3, -0.25) is 10.1 Å². The van der Waals surface area contributed by atoms with Crippen molar-refractivity contribution in [3.05, 3.63) is 34.1 Å². The minimum absolute atomic E-state index is 0.310. The molecule has 1 aromatic carbocycles. The number of anilines is 1. The molecule has 1 rings (SSSR count). The third kappa shape index (κ3) is 3.65. The van der Waals surface area contributed by atoms with Gasteiger partial charge >= 0.3 is 5.69 Å². The molecule has 17 heavy (non-hydrogen) atoms.